The highest BCUT2D eigenvalue weighted by atomic mass is 32.1. The van der Waals surface area contributed by atoms with Crippen molar-refractivity contribution >= 4 is 22.2 Å². The number of rotatable bonds is 5. The Morgan fingerprint density at radius 1 is 1.08 bits per heavy atom. The number of nitrogens with one attached hydrogen (secondary N) is 1. The Kier molecular flexibility index (Phi) is 4.54. The first kappa shape index (κ1) is 16.5. The van der Waals surface area contributed by atoms with Crippen molar-refractivity contribution in [3.63, 3.8) is 0 Å². The molecule has 0 aliphatic rings. The van der Waals surface area contributed by atoms with Crippen molar-refractivity contribution in [2.45, 2.75) is 13.3 Å². The van der Waals surface area contributed by atoms with E-state index in [2.05, 4.69) is 53.6 Å². The van der Waals surface area contributed by atoms with Crippen molar-refractivity contribution < 1.29 is 4.79 Å². The number of aryl methyl sites for hydroxylation is 1. The van der Waals surface area contributed by atoms with Gasteiger partial charge in [-0.05, 0) is 24.5 Å². The molecule has 0 radical (unpaired) electrons. The molecule has 26 heavy (non-hydrogen) atoms. The fraction of sp³-hybridized carbons (Fsp3) is 0.143. The average molecular weight is 361 g/mol. The zero-order chi connectivity index (χ0) is 17.9. The van der Waals surface area contributed by atoms with E-state index in [1.54, 1.807) is 17.5 Å². The summed E-state index contributed by atoms with van der Waals surface area (Å²) in [5.74, 6) is -0.131. The van der Waals surface area contributed by atoms with Crippen LogP contribution in [0.15, 0.2) is 67.0 Å². The normalized spacial score (nSPS) is 11.0. The van der Waals surface area contributed by atoms with E-state index in [4.69, 9.17) is 0 Å². The summed E-state index contributed by atoms with van der Waals surface area (Å²) in [6, 6.07) is 18.5. The second-order valence-electron chi connectivity index (χ2n) is 6.27. The second-order valence-corrected chi connectivity index (χ2v) is 7.28. The van der Waals surface area contributed by atoms with Gasteiger partial charge in [0.05, 0.1) is 4.88 Å². The van der Waals surface area contributed by atoms with Crippen molar-refractivity contribution in [3.05, 3.63) is 83.8 Å². The molecule has 0 aliphatic heterocycles. The molecule has 1 N–H and O–H groups in total. The lowest BCUT2D eigenvalue weighted by Crippen LogP contribution is -2.25. The predicted molar refractivity (Wildman–Crippen MR) is 106 cm³/mol. The van der Waals surface area contributed by atoms with Gasteiger partial charge < -0.3 is 5.32 Å². The topological polar surface area (TPSA) is 46.4 Å². The van der Waals surface area contributed by atoms with Crippen LogP contribution in [0, 0.1) is 6.92 Å². The molecule has 2 heterocycles. The van der Waals surface area contributed by atoms with Gasteiger partial charge in [0, 0.05) is 18.9 Å². The number of amides is 1. The summed E-state index contributed by atoms with van der Waals surface area (Å²) in [6.45, 7) is 2.68. The molecule has 0 fully saturated rings. The molecule has 4 rings (SSSR count). The molecule has 2 aromatic carbocycles. The molecule has 4 aromatic rings. The van der Waals surface area contributed by atoms with E-state index in [1.807, 2.05) is 28.8 Å². The highest BCUT2D eigenvalue weighted by Crippen LogP contribution is 2.28. The van der Waals surface area contributed by atoms with Gasteiger partial charge in [0.25, 0.3) is 5.91 Å². The minimum atomic E-state index is -0.131. The van der Waals surface area contributed by atoms with E-state index in [-0.39, 0.29) is 5.91 Å². The minimum Gasteiger partial charge on any atom is -0.350 e. The van der Waals surface area contributed by atoms with Crippen LogP contribution in [0.1, 0.15) is 21.6 Å². The molecule has 1 amide bonds. The minimum absolute atomic E-state index is 0.131. The highest BCUT2D eigenvalue weighted by molar-refractivity contribution is 7.20. The molecule has 0 atom stereocenters. The fourth-order valence-corrected chi connectivity index (χ4v) is 3.78. The first-order chi connectivity index (χ1) is 12.7. The summed E-state index contributed by atoms with van der Waals surface area (Å²) in [5.41, 5.74) is 4.07. The van der Waals surface area contributed by atoms with Gasteiger partial charge in [0.15, 0.2) is 4.96 Å². The molecule has 5 heteroatoms. The van der Waals surface area contributed by atoms with Gasteiger partial charge in [-0.3, -0.25) is 9.20 Å². The number of imidazole rings is 1. The number of aromatic nitrogens is 2. The van der Waals surface area contributed by atoms with E-state index in [1.165, 1.54) is 16.7 Å². The van der Waals surface area contributed by atoms with Crippen LogP contribution in [0.3, 0.4) is 0 Å². The number of hydrogen-bond acceptors (Lipinski definition) is 3. The SMILES string of the molecule is Cc1ccc(-c2cn3cc(C(=O)NCCc4ccccc4)nc3s2)cc1. The number of hydrogen-bond donors (Lipinski definition) is 1. The third kappa shape index (κ3) is 3.53. The number of fused-ring (bicyclic) bond motifs is 1. The third-order valence-corrected chi connectivity index (χ3v) is 5.31. The first-order valence-corrected chi connectivity index (χ1v) is 9.38. The zero-order valence-electron chi connectivity index (χ0n) is 14.5. The van der Waals surface area contributed by atoms with E-state index in [9.17, 15) is 4.79 Å². The molecule has 2 aromatic heterocycles. The first-order valence-electron chi connectivity index (χ1n) is 8.57. The lowest BCUT2D eigenvalue weighted by Gasteiger charge is -2.03. The van der Waals surface area contributed by atoms with E-state index in [0.29, 0.717) is 12.2 Å². The number of benzene rings is 2. The van der Waals surface area contributed by atoms with Gasteiger partial charge >= 0.3 is 0 Å². The Morgan fingerprint density at radius 2 is 1.85 bits per heavy atom. The predicted octanol–water partition coefficient (Wildman–Crippen LogP) is 4.34. The van der Waals surface area contributed by atoms with Crippen LogP contribution in [0.5, 0.6) is 0 Å². The molecule has 0 spiro atoms. The van der Waals surface area contributed by atoms with E-state index >= 15 is 0 Å². The molecule has 0 saturated carbocycles. The number of nitrogens with zero attached hydrogens (tertiary/aromatic N) is 2. The van der Waals surface area contributed by atoms with Crippen molar-refractivity contribution in [3.8, 4) is 10.4 Å². The number of carbonyl (C=O) groups excluding carboxylic acids is 1. The summed E-state index contributed by atoms with van der Waals surface area (Å²) in [7, 11) is 0. The summed E-state index contributed by atoms with van der Waals surface area (Å²) in [4.78, 5) is 18.8. The van der Waals surface area contributed by atoms with Gasteiger partial charge in [-0.1, -0.05) is 71.5 Å². The zero-order valence-corrected chi connectivity index (χ0v) is 15.3. The maximum atomic E-state index is 12.3. The third-order valence-electron chi connectivity index (χ3n) is 4.27. The second kappa shape index (κ2) is 7.14. The van der Waals surface area contributed by atoms with Crippen LogP contribution in [-0.4, -0.2) is 21.8 Å². The molecular weight excluding hydrogens is 342 g/mol. The number of thiazole rings is 1. The quantitative estimate of drug-likeness (QED) is 0.575. The molecule has 4 nitrogen and oxygen atoms in total. The van der Waals surface area contributed by atoms with Gasteiger partial charge in [-0.2, -0.15) is 0 Å². The standard InChI is InChI=1S/C21H19N3OS/c1-15-7-9-17(10-8-15)19-14-24-13-18(23-21(24)26-19)20(25)22-12-11-16-5-3-2-4-6-16/h2-10,13-14H,11-12H2,1H3,(H,22,25). The van der Waals surface area contributed by atoms with Gasteiger partial charge in [0.1, 0.15) is 5.69 Å². The van der Waals surface area contributed by atoms with Crippen LogP contribution >= 0.6 is 11.3 Å². The Balaban J connectivity index is 1.43. The molecule has 0 aliphatic carbocycles. The Bertz CT molecular complexity index is 1000. The van der Waals surface area contributed by atoms with Crippen molar-refractivity contribution in [1.29, 1.82) is 0 Å². The van der Waals surface area contributed by atoms with Crippen molar-refractivity contribution in [2.75, 3.05) is 6.54 Å². The summed E-state index contributed by atoms with van der Waals surface area (Å²) in [6.07, 6.45) is 4.63. The van der Waals surface area contributed by atoms with Gasteiger partial charge in [0.2, 0.25) is 0 Å². The Hall–Kier alpha value is -2.92. The van der Waals surface area contributed by atoms with E-state index in [0.717, 1.165) is 16.3 Å². The van der Waals surface area contributed by atoms with Crippen LogP contribution < -0.4 is 5.32 Å². The molecule has 0 unspecified atom stereocenters. The van der Waals surface area contributed by atoms with Crippen LogP contribution in [-0.2, 0) is 6.42 Å². The van der Waals surface area contributed by atoms with Crippen molar-refractivity contribution in [1.82, 2.24) is 14.7 Å². The summed E-state index contributed by atoms with van der Waals surface area (Å²) < 4.78 is 1.92. The van der Waals surface area contributed by atoms with Gasteiger partial charge in [-0.15, -0.1) is 0 Å². The lowest BCUT2D eigenvalue weighted by molar-refractivity contribution is 0.0950. The van der Waals surface area contributed by atoms with Crippen LogP contribution in [0.2, 0.25) is 0 Å². The molecule has 130 valence electrons. The lowest BCUT2D eigenvalue weighted by atomic mass is 10.1. The maximum absolute atomic E-state index is 12.3. The van der Waals surface area contributed by atoms with Crippen LogP contribution in [0.25, 0.3) is 15.4 Å². The average Bonchev–Trinajstić information content (AvgIpc) is 3.22. The fourth-order valence-electron chi connectivity index (χ4n) is 2.81. The van der Waals surface area contributed by atoms with E-state index < -0.39 is 0 Å². The number of carbonyl (C=O) groups is 1. The van der Waals surface area contributed by atoms with Crippen molar-refractivity contribution in [2.24, 2.45) is 0 Å². The summed E-state index contributed by atoms with van der Waals surface area (Å²) >= 11 is 1.59. The highest BCUT2D eigenvalue weighted by Gasteiger charge is 2.13. The molecular formula is C21H19N3OS. The largest absolute Gasteiger partial charge is 0.350 e. The smallest absolute Gasteiger partial charge is 0.271 e. The Morgan fingerprint density at radius 3 is 2.58 bits per heavy atom. The summed E-state index contributed by atoms with van der Waals surface area (Å²) in [5, 5.41) is 2.94. The maximum Gasteiger partial charge on any atom is 0.271 e. The van der Waals surface area contributed by atoms with Gasteiger partial charge in [-0.25, -0.2) is 4.98 Å². The van der Waals surface area contributed by atoms with Crippen LogP contribution in [0.4, 0.5) is 0 Å². The Labute approximate surface area is 156 Å². The monoisotopic (exact) mass is 361 g/mol. The molecule has 0 saturated heterocycles. The molecule has 0 bridgehead atoms.